The number of amides is 1. The van der Waals surface area contributed by atoms with Crippen LogP contribution in [0, 0.1) is 5.82 Å². The second-order valence-corrected chi connectivity index (χ2v) is 7.25. The average molecular weight is 330 g/mol. The van der Waals surface area contributed by atoms with Gasteiger partial charge in [0.05, 0.1) is 12.6 Å². The molecule has 0 saturated heterocycles. The van der Waals surface area contributed by atoms with Crippen molar-refractivity contribution in [3.05, 3.63) is 57.5 Å². The van der Waals surface area contributed by atoms with E-state index >= 15 is 0 Å². The fourth-order valence-electron chi connectivity index (χ4n) is 3.21. The maximum absolute atomic E-state index is 13.3. The summed E-state index contributed by atoms with van der Waals surface area (Å²) in [6, 6.07) is 9.05. The van der Waals surface area contributed by atoms with Crippen LogP contribution < -0.4 is 5.32 Å². The molecular weight excluding hydrogens is 311 g/mol. The van der Waals surface area contributed by atoms with Crippen LogP contribution >= 0.6 is 11.3 Å². The number of benzene rings is 1. The predicted molar refractivity (Wildman–Crippen MR) is 89.0 cm³/mol. The van der Waals surface area contributed by atoms with Crippen molar-refractivity contribution in [2.24, 2.45) is 0 Å². The summed E-state index contributed by atoms with van der Waals surface area (Å²) in [5.41, 5.74) is 2.16. The molecule has 23 heavy (non-hydrogen) atoms. The van der Waals surface area contributed by atoms with Crippen LogP contribution in [-0.4, -0.2) is 29.9 Å². The number of thiophene rings is 1. The van der Waals surface area contributed by atoms with Crippen LogP contribution in [0.15, 0.2) is 35.7 Å². The summed E-state index contributed by atoms with van der Waals surface area (Å²) in [6.45, 7) is 1.11. The highest BCUT2D eigenvalue weighted by molar-refractivity contribution is 7.10. The van der Waals surface area contributed by atoms with E-state index < -0.39 is 0 Å². The quantitative estimate of drug-likeness (QED) is 0.934. The molecule has 1 aliphatic heterocycles. The first-order chi connectivity index (χ1) is 11.2. The molecular formula is C18H19FN2OS. The number of hydrogen-bond acceptors (Lipinski definition) is 3. The van der Waals surface area contributed by atoms with E-state index in [1.165, 1.54) is 35.4 Å². The third-order valence-electron chi connectivity index (χ3n) is 4.59. The molecule has 2 heterocycles. The monoisotopic (exact) mass is 330 g/mol. The zero-order valence-electron chi connectivity index (χ0n) is 12.8. The Morgan fingerprint density at radius 2 is 2.04 bits per heavy atom. The van der Waals surface area contributed by atoms with Gasteiger partial charge in [0, 0.05) is 17.5 Å². The van der Waals surface area contributed by atoms with Gasteiger partial charge in [0.15, 0.2) is 0 Å². The van der Waals surface area contributed by atoms with Crippen LogP contribution in [0.5, 0.6) is 0 Å². The number of fused-ring (bicyclic) bond motifs is 1. The largest absolute Gasteiger partial charge is 0.330 e. The molecule has 0 bridgehead atoms. The number of halogens is 1. The molecule has 1 amide bonds. The SMILES string of the molecule is O=C(CNC1CC1)N1CCc2sccc2[C@H]1c1ccc(F)cc1. The average Bonchev–Trinajstić information content (AvgIpc) is 3.27. The van der Waals surface area contributed by atoms with Crippen LogP contribution in [0.3, 0.4) is 0 Å². The molecule has 5 heteroatoms. The Kier molecular flexibility index (Phi) is 3.91. The summed E-state index contributed by atoms with van der Waals surface area (Å²) < 4.78 is 13.3. The number of nitrogens with zero attached hydrogens (tertiary/aromatic N) is 1. The van der Waals surface area contributed by atoms with Gasteiger partial charge in [0.1, 0.15) is 5.82 Å². The number of rotatable bonds is 4. The smallest absolute Gasteiger partial charge is 0.237 e. The van der Waals surface area contributed by atoms with Gasteiger partial charge in [-0.3, -0.25) is 4.79 Å². The van der Waals surface area contributed by atoms with Crippen molar-refractivity contribution in [1.29, 1.82) is 0 Å². The standard InChI is InChI=1S/C18H19FN2OS/c19-13-3-1-12(2-4-13)18-15-8-10-23-16(15)7-9-21(18)17(22)11-20-14-5-6-14/h1-4,8,10,14,18,20H,5-7,9,11H2/t18-/m1/s1. The van der Waals surface area contributed by atoms with Crippen LogP contribution in [-0.2, 0) is 11.2 Å². The Morgan fingerprint density at radius 3 is 2.78 bits per heavy atom. The van der Waals surface area contributed by atoms with Gasteiger partial charge in [0.2, 0.25) is 5.91 Å². The highest BCUT2D eigenvalue weighted by atomic mass is 32.1. The van der Waals surface area contributed by atoms with Gasteiger partial charge in [-0.15, -0.1) is 11.3 Å². The number of carbonyl (C=O) groups excluding carboxylic acids is 1. The Morgan fingerprint density at radius 1 is 1.26 bits per heavy atom. The minimum absolute atomic E-state index is 0.0981. The lowest BCUT2D eigenvalue weighted by atomic mass is 9.93. The van der Waals surface area contributed by atoms with E-state index in [1.54, 1.807) is 23.5 Å². The molecule has 2 aromatic rings. The summed E-state index contributed by atoms with van der Waals surface area (Å²) in [4.78, 5) is 16.0. The first-order valence-corrected chi connectivity index (χ1v) is 8.95. The highest BCUT2D eigenvalue weighted by Crippen LogP contribution is 2.37. The molecule has 0 radical (unpaired) electrons. The molecule has 1 aliphatic carbocycles. The van der Waals surface area contributed by atoms with E-state index in [0.29, 0.717) is 12.6 Å². The van der Waals surface area contributed by atoms with Gasteiger partial charge in [0.25, 0.3) is 0 Å². The Hall–Kier alpha value is -1.72. The van der Waals surface area contributed by atoms with E-state index in [1.807, 2.05) is 4.90 Å². The predicted octanol–water partition coefficient (Wildman–Crippen LogP) is 3.11. The van der Waals surface area contributed by atoms with E-state index in [4.69, 9.17) is 0 Å². The summed E-state index contributed by atoms with van der Waals surface area (Å²) in [5.74, 6) is -0.119. The van der Waals surface area contributed by atoms with Gasteiger partial charge < -0.3 is 10.2 Å². The molecule has 1 saturated carbocycles. The Balaban J connectivity index is 1.63. The van der Waals surface area contributed by atoms with E-state index in [0.717, 1.165) is 18.5 Å². The Labute approximate surface area is 139 Å². The van der Waals surface area contributed by atoms with Crippen LogP contribution in [0.2, 0.25) is 0 Å². The normalized spacial score (nSPS) is 20.4. The van der Waals surface area contributed by atoms with Crippen molar-refractivity contribution < 1.29 is 9.18 Å². The second kappa shape index (κ2) is 6.06. The van der Waals surface area contributed by atoms with Gasteiger partial charge in [-0.2, -0.15) is 0 Å². The summed E-state index contributed by atoms with van der Waals surface area (Å²) >= 11 is 1.74. The lowest BCUT2D eigenvalue weighted by Crippen LogP contribution is -2.44. The van der Waals surface area contributed by atoms with Gasteiger partial charge in [-0.25, -0.2) is 4.39 Å². The zero-order valence-corrected chi connectivity index (χ0v) is 13.6. The fourth-order valence-corrected chi connectivity index (χ4v) is 4.11. The molecule has 1 atom stereocenters. The number of nitrogens with one attached hydrogen (secondary N) is 1. The first kappa shape index (κ1) is 14.8. The molecule has 1 aromatic heterocycles. The van der Waals surface area contributed by atoms with Crippen molar-refractivity contribution >= 4 is 17.2 Å². The third kappa shape index (κ3) is 3.03. The van der Waals surface area contributed by atoms with E-state index in [2.05, 4.69) is 16.8 Å². The molecule has 120 valence electrons. The minimum atomic E-state index is -0.247. The van der Waals surface area contributed by atoms with Gasteiger partial charge in [-0.05, 0) is 54.0 Å². The highest BCUT2D eigenvalue weighted by Gasteiger charge is 2.33. The number of hydrogen-bond donors (Lipinski definition) is 1. The van der Waals surface area contributed by atoms with E-state index in [9.17, 15) is 9.18 Å². The van der Waals surface area contributed by atoms with Crippen molar-refractivity contribution in [3.8, 4) is 0 Å². The van der Waals surface area contributed by atoms with Crippen LogP contribution in [0.25, 0.3) is 0 Å². The Bertz CT molecular complexity index is 708. The van der Waals surface area contributed by atoms with Crippen molar-refractivity contribution in [3.63, 3.8) is 0 Å². The molecule has 1 N–H and O–H groups in total. The number of carbonyl (C=O) groups is 1. The zero-order chi connectivity index (χ0) is 15.8. The van der Waals surface area contributed by atoms with Gasteiger partial charge >= 0.3 is 0 Å². The molecule has 0 unspecified atom stereocenters. The fraction of sp³-hybridized carbons (Fsp3) is 0.389. The van der Waals surface area contributed by atoms with Crippen LogP contribution in [0.4, 0.5) is 4.39 Å². The first-order valence-electron chi connectivity index (χ1n) is 8.07. The lowest BCUT2D eigenvalue weighted by molar-refractivity contribution is -0.132. The summed E-state index contributed by atoms with van der Waals surface area (Å²) in [7, 11) is 0. The third-order valence-corrected chi connectivity index (χ3v) is 5.59. The molecule has 3 nitrogen and oxygen atoms in total. The van der Waals surface area contributed by atoms with Crippen molar-refractivity contribution in [2.75, 3.05) is 13.1 Å². The topological polar surface area (TPSA) is 32.3 Å². The molecule has 4 rings (SSSR count). The summed E-state index contributed by atoms with van der Waals surface area (Å²) in [6.07, 6.45) is 3.24. The maximum atomic E-state index is 13.3. The van der Waals surface area contributed by atoms with Crippen LogP contribution in [0.1, 0.15) is 34.9 Å². The van der Waals surface area contributed by atoms with E-state index in [-0.39, 0.29) is 17.8 Å². The molecule has 1 fully saturated rings. The molecule has 2 aliphatic rings. The lowest BCUT2D eigenvalue weighted by Gasteiger charge is -2.36. The maximum Gasteiger partial charge on any atom is 0.237 e. The molecule has 1 aromatic carbocycles. The summed E-state index contributed by atoms with van der Waals surface area (Å²) in [5, 5.41) is 5.38. The second-order valence-electron chi connectivity index (χ2n) is 6.25. The van der Waals surface area contributed by atoms with Crippen molar-refractivity contribution in [1.82, 2.24) is 10.2 Å². The molecule has 0 spiro atoms. The van der Waals surface area contributed by atoms with Gasteiger partial charge in [-0.1, -0.05) is 12.1 Å². The van der Waals surface area contributed by atoms with Crippen molar-refractivity contribution in [2.45, 2.75) is 31.3 Å². The minimum Gasteiger partial charge on any atom is -0.330 e.